The molecule has 3 heterocycles. The number of rotatable bonds is 3. The van der Waals surface area contributed by atoms with Gasteiger partial charge < -0.3 is 9.88 Å². The second kappa shape index (κ2) is 5.88. The van der Waals surface area contributed by atoms with Crippen molar-refractivity contribution in [2.24, 2.45) is 0 Å². The molecule has 0 fully saturated rings. The highest BCUT2D eigenvalue weighted by Crippen LogP contribution is 2.21. The average molecular weight is 320 g/mol. The summed E-state index contributed by atoms with van der Waals surface area (Å²) in [7, 11) is 0. The number of imidazole rings is 1. The normalized spacial score (nSPS) is 14.1. The van der Waals surface area contributed by atoms with E-state index in [1.54, 1.807) is 24.5 Å². The molecule has 0 saturated heterocycles. The first kappa shape index (κ1) is 14.6. The van der Waals surface area contributed by atoms with Crippen LogP contribution >= 0.6 is 0 Å². The van der Waals surface area contributed by atoms with Crippen molar-refractivity contribution in [2.75, 3.05) is 6.54 Å². The number of aryl methyl sites for hydroxylation is 1. The second-order valence-electron chi connectivity index (χ2n) is 5.86. The molecule has 1 aliphatic rings. The molecule has 0 bridgehead atoms. The Morgan fingerprint density at radius 1 is 1.29 bits per heavy atom. The highest BCUT2D eigenvalue weighted by Gasteiger charge is 2.20. The topological polar surface area (TPSA) is 76.9 Å². The van der Waals surface area contributed by atoms with Crippen molar-refractivity contribution in [2.45, 2.75) is 19.4 Å². The summed E-state index contributed by atoms with van der Waals surface area (Å²) < 4.78 is 1.90. The highest BCUT2D eigenvalue weighted by atomic mass is 16.2. The number of hydrogen-bond donors (Lipinski definition) is 1. The predicted molar refractivity (Wildman–Crippen MR) is 89.0 cm³/mol. The minimum absolute atomic E-state index is 0.0264. The lowest BCUT2D eigenvalue weighted by Gasteiger charge is -2.05. The first-order valence-corrected chi connectivity index (χ1v) is 7.93. The molecule has 3 aromatic rings. The molecule has 4 rings (SSSR count). The van der Waals surface area contributed by atoms with E-state index in [1.807, 2.05) is 22.8 Å². The number of benzene rings is 1. The third-order valence-corrected chi connectivity index (χ3v) is 4.20. The third-order valence-electron chi connectivity index (χ3n) is 4.20. The van der Waals surface area contributed by atoms with Crippen LogP contribution in [0.3, 0.4) is 0 Å². The van der Waals surface area contributed by atoms with E-state index in [1.165, 1.54) is 0 Å². The summed E-state index contributed by atoms with van der Waals surface area (Å²) in [6, 6.07) is 9.12. The van der Waals surface area contributed by atoms with E-state index in [-0.39, 0.29) is 11.7 Å². The predicted octanol–water partition coefficient (Wildman–Crippen LogP) is 1.99. The van der Waals surface area contributed by atoms with Gasteiger partial charge in [0.2, 0.25) is 0 Å². The Bertz CT molecular complexity index is 931. The van der Waals surface area contributed by atoms with Crippen LogP contribution in [0.25, 0.3) is 11.0 Å². The van der Waals surface area contributed by atoms with Crippen molar-refractivity contribution in [3.63, 3.8) is 0 Å². The molecule has 0 radical (unpaired) electrons. The van der Waals surface area contributed by atoms with E-state index in [4.69, 9.17) is 0 Å². The minimum Gasteiger partial charge on any atom is -0.349 e. The van der Waals surface area contributed by atoms with Crippen molar-refractivity contribution in [1.29, 1.82) is 0 Å². The lowest BCUT2D eigenvalue weighted by molar-refractivity contribution is 0.0945. The SMILES string of the molecule is O=C(Cc1cccnc1)c1ccc2nc3n(c2c1)CCCNC3=O. The quantitative estimate of drug-likeness (QED) is 0.749. The van der Waals surface area contributed by atoms with Gasteiger partial charge in [0.1, 0.15) is 0 Å². The summed E-state index contributed by atoms with van der Waals surface area (Å²) in [6.45, 7) is 1.36. The lowest BCUT2D eigenvalue weighted by atomic mass is 10.0. The number of amides is 1. The van der Waals surface area contributed by atoms with Crippen molar-refractivity contribution in [3.05, 3.63) is 59.7 Å². The van der Waals surface area contributed by atoms with Crippen molar-refractivity contribution < 1.29 is 9.59 Å². The number of fused-ring (bicyclic) bond motifs is 3. The number of carbonyl (C=O) groups is 2. The van der Waals surface area contributed by atoms with E-state index in [2.05, 4.69) is 15.3 Å². The summed E-state index contributed by atoms with van der Waals surface area (Å²) in [5.74, 6) is 0.282. The highest BCUT2D eigenvalue weighted by molar-refractivity contribution is 6.01. The molecule has 0 unspecified atom stereocenters. The van der Waals surface area contributed by atoms with E-state index in [0.717, 1.165) is 23.0 Å². The number of pyridine rings is 1. The fraction of sp³-hybridized carbons (Fsp3) is 0.222. The number of hydrogen-bond acceptors (Lipinski definition) is 4. The average Bonchev–Trinajstić information content (AvgIpc) is 2.87. The van der Waals surface area contributed by atoms with Crippen LogP contribution in [0, 0.1) is 0 Å². The summed E-state index contributed by atoms with van der Waals surface area (Å²) in [5.41, 5.74) is 3.08. The maximum atomic E-state index is 12.5. The summed E-state index contributed by atoms with van der Waals surface area (Å²) in [6.07, 6.45) is 4.54. The zero-order valence-electron chi connectivity index (χ0n) is 13.0. The molecule has 1 aliphatic heterocycles. The van der Waals surface area contributed by atoms with Gasteiger partial charge in [0, 0.05) is 37.5 Å². The number of Topliss-reactive ketones (excluding diaryl/α,β-unsaturated/α-hetero) is 1. The largest absolute Gasteiger partial charge is 0.349 e. The monoisotopic (exact) mass is 320 g/mol. The number of aromatic nitrogens is 3. The first-order valence-electron chi connectivity index (χ1n) is 7.93. The van der Waals surface area contributed by atoms with Crippen LogP contribution in [0.1, 0.15) is 33.0 Å². The Morgan fingerprint density at radius 2 is 2.21 bits per heavy atom. The molecule has 0 spiro atoms. The van der Waals surface area contributed by atoms with E-state index < -0.39 is 0 Å². The number of ketones is 1. The molecule has 24 heavy (non-hydrogen) atoms. The van der Waals surface area contributed by atoms with Crippen molar-refractivity contribution >= 4 is 22.7 Å². The number of nitrogens with zero attached hydrogens (tertiary/aromatic N) is 3. The maximum Gasteiger partial charge on any atom is 0.287 e. The third kappa shape index (κ3) is 2.56. The van der Waals surface area contributed by atoms with Crippen LogP contribution in [0.5, 0.6) is 0 Å². The van der Waals surface area contributed by atoms with Crippen LogP contribution in [0.2, 0.25) is 0 Å². The van der Waals surface area contributed by atoms with Crippen molar-refractivity contribution in [3.8, 4) is 0 Å². The summed E-state index contributed by atoms with van der Waals surface area (Å²) >= 11 is 0. The van der Waals surface area contributed by atoms with Gasteiger partial charge in [-0.15, -0.1) is 0 Å². The number of nitrogens with one attached hydrogen (secondary N) is 1. The van der Waals surface area contributed by atoms with Gasteiger partial charge in [-0.25, -0.2) is 4.98 Å². The molecular formula is C18H16N4O2. The Balaban J connectivity index is 1.71. The fourth-order valence-corrected chi connectivity index (χ4v) is 3.00. The van der Waals surface area contributed by atoms with Gasteiger partial charge in [-0.3, -0.25) is 14.6 Å². The van der Waals surface area contributed by atoms with Gasteiger partial charge in [-0.05, 0) is 36.2 Å². The molecule has 1 amide bonds. The fourth-order valence-electron chi connectivity index (χ4n) is 3.00. The van der Waals surface area contributed by atoms with Gasteiger partial charge in [-0.2, -0.15) is 0 Å². The van der Waals surface area contributed by atoms with Crippen LogP contribution < -0.4 is 5.32 Å². The van der Waals surface area contributed by atoms with Gasteiger partial charge >= 0.3 is 0 Å². The van der Waals surface area contributed by atoms with Crippen LogP contribution in [-0.2, 0) is 13.0 Å². The van der Waals surface area contributed by atoms with Crippen LogP contribution in [0.15, 0.2) is 42.7 Å². The molecule has 6 heteroatoms. The van der Waals surface area contributed by atoms with E-state index >= 15 is 0 Å². The molecular weight excluding hydrogens is 304 g/mol. The maximum absolute atomic E-state index is 12.5. The number of carbonyl (C=O) groups excluding carboxylic acids is 2. The Hall–Kier alpha value is -3.02. The van der Waals surface area contributed by atoms with Crippen LogP contribution in [0.4, 0.5) is 0 Å². The molecule has 0 saturated carbocycles. The first-order chi connectivity index (χ1) is 11.7. The van der Waals surface area contributed by atoms with E-state index in [0.29, 0.717) is 30.9 Å². The molecule has 0 atom stereocenters. The minimum atomic E-state index is -0.160. The zero-order chi connectivity index (χ0) is 16.5. The van der Waals surface area contributed by atoms with E-state index in [9.17, 15) is 9.59 Å². The van der Waals surface area contributed by atoms with Gasteiger partial charge in [-0.1, -0.05) is 6.07 Å². The molecule has 6 nitrogen and oxygen atoms in total. The molecule has 0 aliphatic carbocycles. The molecule has 1 N–H and O–H groups in total. The Labute approximate surface area is 138 Å². The second-order valence-corrected chi connectivity index (χ2v) is 5.86. The molecule has 120 valence electrons. The standard InChI is InChI=1S/C18H16N4O2/c23-16(9-12-3-1-6-19-11-12)13-4-5-14-15(10-13)22-8-2-7-20-18(24)17(22)21-14/h1,3-6,10-11H,2,7-9H2,(H,20,24). The van der Waals surface area contributed by atoms with Crippen molar-refractivity contribution in [1.82, 2.24) is 19.9 Å². The Morgan fingerprint density at radius 3 is 3.04 bits per heavy atom. The van der Waals surface area contributed by atoms with Crippen LogP contribution in [-0.4, -0.2) is 32.8 Å². The lowest BCUT2D eigenvalue weighted by Crippen LogP contribution is -2.23. The zero-order valence-corrected chi connectivity index (χ0v) is 13.0. The molecule has 1 aromatic carbocycles. The summed E-state index contributed by atoms with van der Waals surface area (Å²) in [4.78, 5) is 33.1. The smallest absolute Gasteiger partial charge is 0.287 e. The van der Waals surface area contributed by atoms with Gasteiger partial charge in [0.25, 0.3) is 5.91 Å². The van der Waals surface area contributed by atoms with Gasteiger partial charge in [0.15, 0.2) is 11.6 Å². The van der Waals surface area contributed by atoms with Gasteiger partial charge in [0.05, 0.1) is 11.0 Å². The Kier molecular flexibility index (Phi) is 3.57. The molecule has 2 aromatic heterocycles. The summed E-state index contributed by atoms with van der Waals surface area (Å²) in [5, 5.41) is 2.84.